The molecule has 0 fully saturated rings. The summed E-state index contributed by atoms with van der Waals surface area (Å²) in [6.07, 6.45) is 3.36. The van der Waals surface area contributed by atoms with Crippen molar-refractivity contribution in [2.45, 2.75) is 13.8 Å². The van der Waals surface area contributed by atoms with Gasteiger partial charge in [0, 0.05) is 23.5 Å². The van der Waals surface area contributed by atoms with Gasteiger partial charge in [0.15, 0.2) is 0 Å². The number of rotatable bonds is 8. The molecule has 0 aliphatic heterocycles. The van der Waals surface area contributed by atoms with Crippen LogP contribution >= 0.6 is 11.3 Å². The lowest BCUT2D eigenvalue weighted by molar-refractivity contribution is -0.111. The van der Waals surface area contributed by atoms with Crippen molar-refractivity contribution in [2.24, 2.45) is 5.92 Å². The third-order valence-electron chi connectivity index (χ3n) is 4.68. The van der Waals surface area contributed by atoms with Gasteiger partial charge < -0.3 is 15.4 Å². The molecule has 0 bridgehead atoms. The number of ether oxygens (including phenoxy) is 1. The van der Waals surface area contributed by atoms with E-state index in [-0.39, 0.29) is 11.8 Å². The molecule has 35 heavy (non-hydrogen) atoms. The molecule has 174 valence electrons. The van der Waals surface area contributed by atoms with Crippen LogP contribution in [0.2, 0.25) is 0 Å². The van der Waals surface area contributed by atoms with Crippen LogP contribution in [0.25, 0.3) is 10.6 Å². The molecule has 0 radical (unpaired) electrons. The number of hydrogen-bond acceptors (Lipinski definition) is 7. The molecule has 2 N–H and O–H groups in total. The van der Waals surface area contributed by atoms with Crippen LogP contribution in [0.15, 0.2) is 84.3 Å². The molecule has 0 saturated heterocycles. The summed E-state index contributed by atoms with van der Waals surface area (Å²) in [6.45, 7) is 4.02. The number of nitrogens with one attached hydrogen (secondary N) is 2. The van der Waals surface area contributed by atoms with E-state index in [1.165, 1.54) is 6.08 Å². The van der Waals surface area contributed by atoms with E-state index < -0.39 is 0 Å². The lowest BCUT2D eigenvalue weighted by Crippen LogP contribution is -2.08. The number of nitriles is 1. The second-order valence-electron chi connectivity index (χ2n) is 7.93. The van der Waals surface area contributed by atoms with Crippen LogP contribution in [0, 0.1) is 17.2 Å². The van der Waals surface area contributed by atoms with E-state index in [9.17, 15) is 10.1 Å². The number of thiophene rings is 1. The predicted octanol–water partition coefficient (Wildman–Crippen LogP) is 6.76. The second kappa shape index (κ2) is 11.1. The van der Waals surface area contributed by atoms with E-state index in [1.807, 2.05) is 43.5 Å². The Balaban J connectivity index is 1.59. The molecule has 0 saturated carbocycles. The minimum atomic E-state index is -0.205. The van der Waals surface area contributed by atoms with Gasteiger partial charge in [-0.15, -0.1) is 11.3 Å². The standard InChI is InChI=1S/C27H23N5O2S/c1-18(2)11-12-25(33)29-21-8-4-9-22(15-21)34-26-16-23(24-10-5-13-35-24)31-27(32-26)30-20-7-3-6-19(14-20)17-28/h3-16,18H,1-2H3,(H,29,33)(H,30,31,32)/b12-11+. The molecule has 0 unspecified atom stereocenters. The van der Waals surface area contributed by atoms with Gasteiger partial charge >= 0.3 is 0 Å². The molecule has 4 aromatic rings. The number of anilines is 3. The summed E-state index contributed by atoms with van der Waals surface area (Å²) in [5, 5.41) is 17.1. The normalized spacial score (nSPS) is 10.8. The number of nitrogens with zero attached hydrogens (tertiary/aromatic N) is 3. The Labute approximate surface area is 207 Å². The summed E-state index contributed by atoms with van der Waals surface area (Å²) in [6, 6.07) is 22.0. The number of carbonyl (C=O) groups excluding carboxylic acids is 1. The Morgan fingerprint density at radius 2 is 1.89 bits per heavy atom. The van der Waals surface area contributed by atoms with Crippen LogP contribution in [0.4, 0.5) is 17.3 Å². The molecular formula is C27H23N5O2S. The summed E-state index contributed by atoms with van der Waals surface area (Å²) < 4.78 is 6.05. The van der Waals surface area contributed by atoms with Crippen LogP contribution in [-0.4, -0.2) is 15.9 Å². The number of amides is 1. The number of benzene rings is 2. The van der Waals surface area contributed by atoms with Gasteiger partial charge in [0.25, 0.3) is 0 Å². The lowest BCUT2D eigenvalue weighted by Gasteiger charge is -2.11. The third-order valence-corrected chi connectivity index (χ3v) is 5.57. The number of aromatic nitrogens is 2. The molecule has 4 rings (SSSR count). The van der Waals surface area contributed by atoms with Gasteiger partial charge in [0.05, 0.1) is 22.2 Å². The lowest BCUT2D eigenvalue weighted by atomic mass is 10.2. The van der Waals surface area contributed by atoms with Gasteiger partial charge in [-0.25, -0.2) is 4.98 Å². The first-order valence-corrected chi connectivity index (χ1v) is 11.8. The minimum Gasteiger partial charge on any atom is -0.439 e. The number of allylic oxidation sites excluding steroid dienone is 1. The Hall–Kier alpha value is -4.48. The molecule has 1 amide bonds. The van der Waals surface area contributed by atoms with Crippen molar-refractivity contribution in [3.8, 4) is 28.3 Å². The average Bonchev–Trinajstić information content (AvgIpc) is 3.38. The van der Waals surface area contributed by atoms with Gasteiger partial charge in [0.2, 0.25) is 17.7 Å². The zero-order valence-electron chi connectivity index (χ0n) is 19.2. The molecule has 8 heteroatoms. The highest BCUT2D eigenvalue weighted by molar-refractivity contribution is 7.13. The highest BCUT2D eigenvalue weighted by Crippen LogP contribution is 2.30. The maximum absolute atomic E-state index is 12.1. The van der Waals surface area contributed by atoms with E-state index in [0.717, 1.165) is 4.88 Å². The van der Waals surface area contributed by atoms with E-state index in [0.29, 0.717) is 40.2 Å². The van der Waals surface area contributed by atoms with Crippen LogP contribution < -0.4 is 15.4 Å². The van der Waals surface area contributed by atoms with Crippen molar-refractivity contribution in [3.63, 3.8) is 0 Å². The third kappa shape index (κ3) is 6.76. The van der Waals surface area contributed by atoms with Crippen LogP contribution in [-0.2, 0) is 4.79 Å². The molecule has 0 spiro atoms. The largest absolute Gasteiger partial charge is 0.439 e. The predicted molar refractivity (Wildman–Crippen MR) is 139 cm³/mol. The first-order valence-electron chi connectivity index (χ1n) is 11.0. The van der Waals surface area contributed by atoms with Crippen molar-refractivity contribution >= 4 is 34.6 Å². The van der Waals surface area contributed by atoms with Crippen LogP contribution in [0.1, 0.15) is 19.4 Å². The van der Waals surface area contributed by atoms with Crippen LogP contribution in [0.5, 0.6) is 11.6 Å². The zero-order chi connectivity index (χ0) is 24.6. The Morgan fingerprint density at radius 1 is 1.06 bits per heavy atom. The molecule has 0 atom stereocenters. The summed E-state index contributed by atoms with van der Waals surface area (Å²) in [4.78, 5) is 22.2. The first-order chi connectivity index (χ1) is 17.0. The fourth-order valence-electron chi connectivity index (χ4n) is 3.10. The molecular weight excluding hydrogens is 458 g/mol. The topological polar surface area (TPSA) is 99.9 Å². The Morgan fingerprint density at radius 3 is 2.66 bits per heavy atom. The Bertz CT molecular complexity index is 1390. The molecule has 2 aromatic carbocycles. The SMILES string of the molecule is CC(C)/C=C/C(=O)Nc1cccc(Oc2cc(-c3cccs3)nc(Nc3cccc(C#N)c3)n2)c1. The number of hydrogen-bond donors (Lipinski definition) is 2. The summed E-state index contributed by atoms with van der Waals surface area (Å²) in [7, 11) is 0. The van der Waals surface area contributed by atoms with Crippen molar-refractivity contribution in [1.82, 2.24) is 9.97 Å². The smallest absolute Gasteiger partial charge is 0.248 e. The average molecular weight is 482 g/mol. The summed E-state index contributed by atoms with van der Waals surface area (Å²) in [5.74, 6) is 1.28. The fraction of sp³-hybridized carbons (Fsp3) is 0.111. The maximum Gasteiger partial charge on any atom is 0.248 e. The van der Waals surface area contributed by atoms with Crippen molar-refractivity contribution in [1.29, 1.82) is 5.26 Å². The molecule has 0 aliphatic rings. The number of carbonyl (C=O) groups is 1. The summed E-state index contributed by atoms with van der Waals surface area (Å²) >= 11 is 1.56. The fourth-order valence-corrected chi connectivity index (χ4v) is 3.79. The zero-order valence-corrected chi connectivity index (χ0v) is 20.0. The van der Waals surface area contributed by atoms with Crippen molar-refractivity contribution < 1.29 is 9.53 Å². The van der Waals surface area contributed by atoms with E-state index in [1.54, 1.807) is 59.9 Å². The van der Waals surface area contributed by atoms with E-state index in [2.05, 4.69) is 26.7 Å². The van der Waals surface area contributed by atoms with Crippen molar-refractivity contribution in [2.75, 3.05) is 10.6 Å². The molecule has 7 nitrogen and oxygen atoms in total. The van der Waals surface area contributed by atoms with Gasteiger partial charge in [-0.05, 0) is 53.8 Å². The van der Waals surface area contributed by atoms with E-state index in [4.69, 9.17) is 4.74 Å². The Kier molecular flexibility index (Phi) is 7.50. The first kappa shape index (κ1) is 23.7. The quantitative estimate of drug-likeness (QED) is 0.270. The monoisotopic (exact) mass is 481 g/mol. The highest BCUT2D eigenvalue weighted by atomic mass is 32.1. The molecule has 2 aromatic heterocycles. The van der Waals surface area contributed by atoms with Crippen LogP contribution in [0.3, 0.4) is 0 Å². The second-order valence-corrected chi connectivity index (χ2v) is 8.88. The van der Waals surface area contributed by atoms with E-state index >= 15 is 0 Å². The van der Waals surface area contributed by atoms with Gasteiger partial charge in [-0.1, -0.05) is 38.1 Å². The van der Waals surface area contributed by atoms with Gasteiger partial charge in [-0.2, -0.15) is 10.2 Å². The minimum absolute atomic E-state index is 0.205. The molecule has 2 heterocycles. The van der Waals surface area contributed by atoms with Gasteiger partial charge in [-0.3, -0.25) is 4.79 Å². The molecule has 0 aliphatic carbocycles. The van der Waals surface area contributed by atoms with Gasteiger partial charge in [0.1, 0.15) is 5.75 Å². The van der Waals surface area contributed by atoms with Crippen molar-refractivity contribution in [3.05, 3.63) is 89.8 Å². The highest BCUT2D eigenvalue weighted by Gasteiger charge is 2.11. The maximum atomic E-state index is 12.1. The summed E-state index contributed by atoms with van der Waals surface area (Å²) in [5.41, 5.74) is 2.54.